The number of hydrogen-bond donors (Lipinski definition) is 0. The predicted octanol–water partition coefficient (Wildman–Crippen LogP) is 4.86. The molecule has 4 aromatic heterocycles. The fraction of sp³-hybridized carbons (Fsp3) is 0.0500. The van der Waals surface area contributed by atoms with Crippen LogP contribution < -0.4 is 5.56 Å². The normalized spacial score (nSPS) is 11.7. The van der Waals surface area contributed by atoms with Crippen molar-refractivity contribution in [1.29, 1.82) is 0 Å². The number of carbonyl (C=O) groups is 1. The van der Waals surface area contributed by atoms with Crippen LogP contribution in [0.2, 0.25) is 0 Å². The number of aromatic nitrogens is 2. The molecule has 4 aromatic rings. The van der Waals surface area contributed by atoms with Gasteiger partial charge in [0.2, 0.25) is 0 Å². The highest BCUT2D eigenvalue weighted by atomic mass is 79.9. The minimum absolute atomic E-state index is 0.0756. The summed E-state index contributed by atoms with van der Waals surface area (Å²) in [6.45, 7) is -0.0756. The molecule has 8 heteroatoms. The van der Waals surface area contributed by atoms with E-state index in [1.807, 2.05) is 41.1 Å². The van der Waals surface area contributed by atoms with Crippen LogP contribution in [-0.2, 0) is 16.1 Å². The van der Waals surface area contributed by atoms with Crippen molar-refractivity contribution >= 4 is 61.9 Å². The summed E-state index contributed by atoms with van der Waals surface area (Å²) in [7, 11) is 0. The Kier molecular flexibility index (Phi) is 5.52. The molecule has 5 nitrogen and oxygen atoms in total. The quantitative estimate of drug-likeness (QED) is 0.307. The molecule has 0 aliphatic heterocycles. The molecule has 0 aromatic carbocycles. The average Bonchev–Trinajstić information content (AvgIpc) is 3.38. The van der Waals surface area contributed by atoms with Gasteiger partial charge in [-0.1, -0.05) is 12.1 Å². The molecular weight excluding hydrogens is 460 g/mol. The van der Waals surface area contributed by atoms with E-state index < -0.39 is 5.97 Å². The van der Waals surface area contributed by atoms with Crippen LogP contribution in [0.4, 0.5) is 0 Å². The number of rotatable bonds is 5. The summed E-state index contributed by atoms with van der Waals surface area (Å²) in [6.07, 6.45) is 3.47. The number of ether oxygens (including phenoxy) is 1. The van der Waals surface area contributed by atoms with Crippen LogP contribution >= 0.6 is 38.6 Å². The maximum absolute atomic E-state index is 12.7. The van der Waals surface area contributed by atoms with Crippen LogP contribution in [0.25, 0.3) is 17.3 Å². The fourth-order valence-corrected chi connectivity index (χ4v) is 4.32. The standard InChI is InChI=1S/C20H13BrN2O3S2/c21-13-5-6-18-22-14(9-19(24)23(18)11-13)12-26-20(25)16(17-4-2-8-28-17)10-15-3-1-7-27-15/h1-11H,12H2. The first-order chi connectivity index (χ1) is 13.6. The fourth-order valence-electron chi connectivity index (χ4n) is 2.60. The zero-order valence-corrected chi connectivity index (χ0v) is 17.6. The summed E-state index contributed by atoms with van der Waals surface area (Å²) >= 11 is 6.35. The summed E-state index contributed by atoms with van der Waals surface area (Å²) in [4.78, 5) is 31.2. The van der Waals surface area contributed by atoms with Gasteiger partial charge in [0.1, 0.15) is 12.3 Å². The predicted molar refractivity (Wildman–Crippen MR) is 115 cm³/mol. The molecular formula is C20H13BrN2O3S2. The molecule has 0 saturated heterocycles. The Morgan fingerprint density at radius 2 is 2.00 bits per heavy atom. The number of esters is 1. The van der Waals surface area contributed by atoms with Gasteiger partial charge < -0.3 is 4.74 Å². The Morgan fingerprint density at radius 1 is 1.18 bits per heavy atom. The van der Waals surface area contributed by atoms with Crippen molar-refractivity contribution in [3.8, 4) is 0 Å². The van der Waals surface area contributed by atoms with Crippen molar-refractivity contribution < 1.29 is 9.53 Å². The van der Waals surface area contributed by atoms with E-state index in [1.165, 1.54) is 21.8 Å². The van der Waals surface area contributed by atoms with E-state index in [9.17, 15) is 9.59 Å². The smallest absolute Gasteiger partial charge is 0.340 e. The monoisotopic (exact) mass is 472 g/mol. The summed E-state index contributed by atoms with van der Waals surface area (Å²) in [5.41, 5.74) is 1.15. The third kappa shape index (κ3) is 4.14. The van der Waals surface area contributed by atoms with E-state index in [0.29, 0.717) is 16.9 Å². The summed E-state index contributed by atoms with van der Waals surface area (Å²) in [6, 6.07) is 12.5. The second-order valence-corrected chi connectivity index (χ2v) is 8.63. The molecule has 0 aliphatic rings. The number of nitrogens with zero attached hydrogens (tertiary/aromatic N) is 2. The van der Waals surface area contributed by atoms with Crippen LogP contribution in [0, 0.1) is 0 Å². The molecule has 0 radical (unpaired) electrons. The minimum atomic E-state index is -0.450. The highest BCUT2D eigenvalue weighted by molar-refractivity contribution is 9.10. The molecule has 140 valence electrons. The first-order valence-electron chi connectivity index (χ1n) is 8.24. The lowest BCUT2D eigenvalue weighted by Crippen LogP contribution is -2.16. The van der Waals surface area contributed by atoms with E-state index in [4.69, 9.17) is 4.74 Å². The Bertz CT molecular complexity index is 1210. The summed E-state index contributed by atoms with van der Waals surface area (Å²) in [5, 5.41) is 3.86. The first kappa shape index (κ1) is 18.8. The van der Waals surface area contributed by atoms with E-state index in [0.717, 1.165) is 14.2 Å². The van der Waals surface area contributed by atoms with Crippen LogP contribution in [0.1, 0.15) is 15.4 Å². The van der Waals surface area contributed by atoms with Crippen molar-refractivity contribution in [2.75, 3.05) is 0 Å². The van der Waals surface area contributed by atoms with Gasteiger partial charge in [0, 0.05) is 26.5 Å². The lowest BCUT2D eigenvalue weighted by molar-refractivity contribution is -0.137. The molecule has 0 unspecified atom stereocenters. The molecule has 28 heavy (non-hydrogen) atoms. The van der Waals surface area contributed by atoms with Crippen LogP contribution in [0.3, 0.4) is 0 Å². The van der Waals surface area contributed by atoms with Crippen molar-refractivity contribution in [3.63, 3.8) is 0 Å². The molecule has 4 rings (SSSR count). The third-order valence-corrected chi connectivity index (χ3v) is 6.06. The molecule has 0 fully saturated rings. The van der Waals surface area contributed by atoms with Crippen molar-refractivity contribution in [3.05, 3.63) is 89.7 Å². The van der Waals surface area contributed by atoms with Crippen LogP contribution in [0.15, 0.2) is 68.7 Å². The van der Waals surface area contributed by atoms with Gasteiger partial charge in [-0.2, -0.15) is 0 Å². The Hall–Kier alpha value is -2.55. The first-order valence-corrected chi connectivity index (χ1v) is 10.8. The maximum Gasteiger partial charge on any atom is 0.340 e. The zero-order valence-electron chi connectivity index (χ0n) is 14.4. The molecule has 0 saturated carbocycles. The van der Waals surface area contributed by atoms with Gasteiger partial charge in [-0.3, -0.25) is 9.20 Å². The molecule has 0 spiro atoms. The topological polar surface area (TPSA) is 60.7 Å². The van der Waals surface area contributed by atoms with Gasteiger partial charge in [-0.05, 0) is 57.0 Å². The zero-order chi connectivity index (χ0) is 19.5. The van der Waals surface area contributed by atoms with E-state index in [2.05, 4.69) is 20.9 Å². The summed E-state index contributed by atoms with van der Waals surface area (Å²) in [5.74, 6) is -0.450. The van der Waals surface area contributed by atoms with Gasteiger partial charge in [0.15, 0.2) is 0 Å². The Balaban J connectivity index is 1.58. The molecule has 4 heterocycles. The van der Waals surface area contributed by atoms with Gasteiger partial charge in [-0.25, -0.2) is 9.78 Å². The van der Waals surface area contributed by atoms with E-state index in [1.54, 1.807) is 29.7 Å². The number of pyridine rings is 1. The number of halogens is 1. The van der Waals surface area contributed by atoms with Gasteiger partial charge in [0.05, 0.1) is 11.3 Å². The van der Waals surface area contributed by atoms with Crippen molar-refractivity contribution in [1.82, 2.24) is 9.38 Å². The maximum atomic E-state index is 12.7. The Morgan fingerprint density at radius 3 is 2.75 bits per heavy atom. The molecule has 0 N–H and O–H groups in total. The number of hydrogen-bond acceptors (Lipinski definition) is 6. The summed E-state index contributed by atoms with van der Waals surface area (Å²) < 4.78 is 7.69. The van der Waals surface area contributed by atoms with Gasteiger partial charge >= 0.3 is 5.97 Å². The molecule has 0 aliphatic carbocycles. The van der Waals surface area contributed by atoms with Gasteiger partial charge in [0.25, 0.3) is 5.56 Å². The Labute approximate surface area is 176 Å². The third-order valence-electron chi connectivity index (χ3n) is 3.86. The SMILES string of the molecule is O=C(OCc1cc(=O)n2cc(Br)ccc2n1)C(=Cc1cccs1)c1cccs1. The number of carbonyl (C=O) groups excluding carboxylic acids is 1. The van der Waals surface area contributed by atoms with E-state index >= 15 is 0 Å². The lowest BCUT2D eigenvalue weighted by Gasteiger charge is -2.08. The minimum Gasteiger partial charge on any atom is -0.456 e. The lowest BCUT2D eigenvalue weighted by atomic mass is 10.2. The van der Waals surface area contributed by atoms with Crippen LogP contribution in [-0.4, -0.2) is 15.4 Å². The highest BCUT2D eigenvalue weighted by Gasteiger charge is 2.16. The van der Waals surface area contributed by atoms with E-state index in [-0.39, 0.29) is 12.2 Å². The number of fused-ring (bicyclic) bond motifs is 1. The van der Waals surface area contributed by atoms with Crippen molar-refractivity contribution in [2.24, 2.45) is 0 Å². The molecule has 0 atom stereocenters. The second kappa shape index (κ2) is 8.22. The second-order valence-electron chi connectivity index (χ2n) is 5.79. The highest BCUT2D eigenvalue weighted by Crippen LogP contribution is 2.26. The van der Waals surface area contributed by atoms with Gasteiger partial charge in [-0.15, -0.1) is 22.7 Å². The average molecular weight is 473 g/mol. The van der Waals surface area contributed by atoms with Crippen molar-refractivity contribution in [2.45, 2.75) is 6.61 Å². The molecule has 0 bridgehead atoms. The number of thiophene rings is 2. The largest absolute Gasteiger partial charge is 0.456 e. The molecule has 0 amide bonds. The van der Waals surface area contributed by atoms with Crippen LogP contribution in [0.5, 0.6) is 0 Å².